The first kappa shape index (κ1) is 14.9. The first-order chi connectivity index (χ1) is 8.95. The lowest BCUT2D eigenvalue weighted by atomic mass is 9.98. The van der Waals surface area contributed by atoms with E-state index in [-0.39, 0.29) is 24.1 Å². The molecule has 0 bridgehead atoms. The van der Waals surface area contributed by atoms with Gasteiger partial charge in [-0.1, -0.05) is 6.07 Å². The fourth-order valence-electron chi connectivity index (χ4n) is 2.77. The van der Waals surface area contributed by atoms with Crippen LogP contribution in [0.5, 0.6) is 0 Å². The summed E-state index contributed by atoms with van der Waals surface area (Å²) < 4.78 is 19.8. The van der Waals surface area contributed by atoms with Crippen LogP contribution in [0.25, 0.3) is 0 Å². The second-order valence-electron chi connectivity index (χ2n) is 5.49. The Hall–Kier alpha value is -0.450. The Balaban J connectivity index is 2.00. The lowest BCUT2D eigenvalue weighted by molar-refractivity contribution is -0.0433. The molecule has 1 fully saturated rings. The summed E-state index contributed by atoms with van der Waals surface area (Å²) in [6.07, 6.45) is 2.59. The van der Waals surface area contributed by atoms with Crippen molar-refractivity contribution in [2.24, 2.45) is 0 Å². The Morgan fingerprint density at radius 3 is 2.53 bits per heavy atom. The highest BCUT2D eigenvalue weighted by Crippen LogP contribution is 2.24. The van der Waals surface area contributed by atoms with Crippen LogP contribution in [0.3, 0.4) is 0 Å². The Bertz CT molecular complexity index is 430. The molecule has 2 rings (SSSR count). The molecular formula is C15H21BrFNO. The minimum absolute atomic E-state index is 0.144. The van der Waals surface area contributed by atoms with Crippen LogP contribution in [-0.4, -0.2) is 18.2 Å². The minimum atomic E-state index is -0.208. The molecule has 19 heavy (non-hydrogen) atoms. The normalized spacial score (nSPS) is 29.2. The van der Waals surface area contributed by atoms with Crippen LogP contribution in [0.4, 0.5) is 4.39 Å². The van der Waals surface area contributed by atoms with Crippen LogP contribution >= 0.6 is 15.9 Å². The molecule has 2 nitrogen and oxygen atoms in total. The number of hydrogen-bond acceptors (Lipinski definition) is 2. The van der Waals surface area contributed by atoms with Crippen molar-refractivity contribution in [3.8, 4) is 0 Å². The van der Waals surface area contributed by atoms with Crippen LogP contribution in [-0.2, 0) is 4.74 Å². The lowest BCUT2D eigenvalue weighted by Gasteiger charge is -2.34. The maximum absolute atomic E-state index is 13.5. The summed E-state index contributed by atoms with van der Waals surface area (Å²) in [6.45, 7) is 6.29. The van der Waals surface area contributed by atoms with E-state index in [0.29, 0.717) is 10.5 Å². The third-order valence-corrected chi connectivity index (χ3v) is 4.27. The van der Waals surface area contributed by atoms with Crippen LogP contribution < -0.4 is 5.32 Å². The SMILES string of the molecule is CC1CC(NC(C)c2ccc(Br)c(F)c2)CC(C)O1. The summed E-state index contributed by atoms with van der Waals surface area (Å²) in [4.78, 5) is 0. The summed E-state index contributed by atoms with van der Waals surface area (Å²) in [7, 11) is 0. The molecule has 0 amide bonds. The fourth-order valence-corrected chi connectivity index (χ4v) is 3.02. The van der Waals surface area contributed by atoms with Crippen LogP contribution in [0.2, 0.25) is 0 Å². The van der Waals surface area contributed by atoms with Gasteiger partial charge in [0, 0.05) is 12.1 Å². The molecule has 1 aliphatic heterocycles. The minimum Gasteiger partial charge on any atom is -0.375 e. The van der Waals surface area contributed by atoms with Gasteiger partial charge in [-0.2, -0.15) is 0 Å². The first-order valence-corrected chi connectivity index (χ1v) is 7.61. The van der Waals surface area contributed by atoms with E-state index in [9.17, 15) is 4.39 Å². The van der Waals surface area contributed by atoms with Gasteiger partial charge >= 0.3 is 0 Å². The molecule has 0 aromatic heterocycles. The number of halogens is 2. The van der Waals surface area contributed by atoms with E-state index in [2.05, 4.69) is 42.0 Å². The van der Waals surface area contributed by atoms with Gasteiger partial charge in [-0.3, -0.25) is 0 Å². The standard InChI is InChI=1S/C15H21BrFNO/c1-9-6-13(7-10(2)19-9)18-11(3)12-4-5-14(16)15(17)8-12/h4-5,8-11,13,18H,6-7H2,1-3H3. The quantitative estimate of drug-likeness (QED) is 0.897. The van der Waals surface area contributed by atoms with Crippen molar-refractivity contribution in [2.45, 2.75) is 57.9 Å². The van der Waals surface area contributed by atoms with Gasteiger partial charge in [0.05, 0.1) is 16.7 Å². The molecule has 4 heteroatoms. The number of nitrogens with one attached hydrogen (secondary N) is 1. The third kappa shape index (κ3) is 4.01. The molecule has 0 spiro atoms. The Kier molecular flexibility index (Phi) is 4.98. The lowest BCUT2D eigenvalue weighted by Crippen LogP contribution is -2.42. The van der Waals surface area contributed by atoms with Crippen molar-refractivity contribution in [2.75, 3.05) is 0 Å². The highest BCUT2D eigenvalue weighted by Gasteiger charge is 2.25. The smallest absolute Gasteiger partial charge is 0.137 e. The predicted octanol–water partition coefficient (Wildman–Crippen LogP) is 4.19. The molecule has 0 aliphatic carbocycles. The van der Waals surface area contributed by atoms with Gasteiger partial charge < -0.3 is 10.1 Å². The molecule has 1 saturated heterocycles. The number of ether oxygens (including phenoxy) is 1. The van der Waals surface area contributed by atoms with Crippen LogP contribution in [0.1, 0.15) is 45.2 Å². The molecule has 1 heterocycles. The molecule has 0 saturated carbocycles. The Labute approximate surface area is 122 Å². The van der Waals surface area contributed by atoms with Crippen molar-refractivity contribution < 1.29 is 9.13 Å². The summed E-state index contributed by atoms with van der Waals surface area (Å²) in [6, 6.07) is 5.88. The van der Waals surface area contributed by atoms with Crippen molar-refractivity contribution >= 4 is 15.9 Å². The third-order valence-electron chi connectivity index (χ3n) is 3.63. The molecular weight excluding hydrogens is 309 g/mol. The zero-order valence-electron chi connectivity index (χ0n) is 11.6. The zero-order valence-corrected chi connectivity index (χ0v) is 13.2. The van der Waals surface area contributed by atoms with E-state index in [1.54, 1.807) is 12.1 Å². The number of rotatable bonds is 3. The van der Waals surface area contributed by atoms with E-state index in [1.165, 1.54) is 0 Å². The first-order valence-electron chi connectivity index (χ1n) is 6.82. The van der Waals surface area contributed by atoms with Gasteiger partial charge in [-0.05, 0) is 67.2 Å². The average molecular weight is 330 g/mol. The number of benzene rings is 1. The zero-order chi connectivity index (χ0) is 14.0. The van der Waals surface area contributed by atoms with Crippen molar-refractivity contribution in [3.05, 3.63) is 34.1 Å². The van der Waals surface area contributed by atoms with E-state index in [1.807, 2.05) is 6.07 Å². The second kappa shape index (κ2) is 6.33. The Morgan fingerprint density at radius 2 is 1.95 bits per heavy atom. The summed E-state index contributed by atoms with van der Waals surface area (Å²) in [5.74, 6) is -0.208. The van der Waals surface area contributed by atoms with E-state index < -0.39 is 0 Å². The topological polar surface area (TPSA) is 21.3 Å². The number of hydrogen-bond donors (Lipinski definition) is 1. The van der Waals surface area contributed by atoms with Gasteiger partial charge in [0.1, 0.15) is 5.82 Å². The highest BCUT2D eigenvalue weighted by molar-refractivity contribution is 9.10. The van der Waals surface area contributed by atoms with Gasteiger partial charge in [-0.15, -0.1) is 0 Å². The molecule has 0 radical (unpaired) electrons. The molecule has 1 N–H and O–H groups in total. The Morgan fingerprint density at radius 1 is 1.32 bits per heavy atom. The predicted molar refractivity (Wildman–Crippen MR) is 78.7 cm³/mol. The molecule has 1 aromatic carbocycles. The maximum Gasteiger partial charge on any atom is 0.137 e. The summed E-state index contributed by atoms with van der Waals surface area (Å²) >= 11 is 3.18. The highest BCUT2D eigenvalue weighted by atomic mass is 79.9. The second-order valence-corrected chi connectivity index (χ2v) is 6.34. The van der Waals surface area contributed by atoms with Crippen molar-refractivity contribution in [3.63, 3.8) is 0 Å². The van der Waals surface area contributed by atoms with E-state index in [4.69, 9.17) is 4.74 Å². The van der Waals surface area contributed by atoms with Crippen LogP contribution in [0.15, 0.2) is 22.7 Å². The van der Waals surface area contributed by atoms with Gasteiger partial charge in [0.2, 0.25) is 0 Å². The molecule has 1 aromatic rings. The summed E-state index contributed by atoms with van der Waals surface area (Å²) in [5, 5.41) is 3.58. The average Bonchev–Trinajstić information content (AvgIpc) is 2.31. The van der Waals surface area contributed by atoms with E-state index in [0.717, 1.165) is 18.4 Å². The van der Waals surface area contributed by atoms with E-state index >= 15 is 0 Å². The monoisotopic (exact) mass is 329 g/mol. The van der Waals surface area contributed by atoms with Crippen molar-refractivity contribution in [1.29, 1.82) is 0 Å². The van der Waals surface area contributed by atoms with Crippen molar-refractivity contribution in [1.82, 2.24) is 5.32 Å². The summed E-state index contributed by atoms with van der Waals surface area (Å²) in [5.41, 5.74) is 0.979. The molecule has 1 aliphatic rings. The molecule has 3 atom stereocenters. The van der Waals surface area contributed by atoms with Gasteiger partial charge in [0.15, 0.2) is 0 Å². The molecule has 106 valence electrons. The van der Waals surface area contributed by atoms with Crippen LogP contribution in [0, 0.1) is 5.82 Å². The van der Waals surface area contributed by atoms with Gasteiger partial charge in [0.25, 0.3) is 0 Å². The molecule has 3 unspecified atom stereocenters. The van der Waals surface area contributed by atoms with Gasteiger partial charge in [-0.25, -0.2) is 4.39 Å². The maximum atomic E-state index is 13.5. The largest absolute Gasteiger partial charge is 0.375 e. The fraction of sp³-hybridized carbons (Fsp3) is 0.600.